The van der Waals surface area contributed by atoms with Gasteiger partial charge in [0.2, 0.25) is 0 Å². The lowest BCUT2D eigenvalue weighted by Crippen LogP contribution is -2.49. The molecule has 0 unspecified atom stereocenters. The maximum Gasteiger partial charge on any atom is 0.419 e. The minimum atomic E-state index is -4.63. The maximum absolute atomic E-state index is 13.0. The molecule has 0 bridgehead atoms. The monoisotopic (exact) mass is 303 g/mol. The number of amides is 1. The van der Waals surface area contributed by atoms with E-state index in [1.54, 1.807) is 0 Å². The summed E-state index contributed by atoms with van der Waals surface area (Å²) in [6.45, 7) is 0.430. The number of pyridine rings is 1. The molecule has 0 aromatic carbocycles. The van der Waals surface area contributed by atoms with E-state index >= 15 is 0 Å². The number of aromatic nitrogens is 1. The molecule has 114 valence electrons. The third-order valence-electron chi connectivity index (χ3n) is 3.18. The van der Waals surface area contributed by atoms with Gasteiger partial charge >= 0.3 is 12.3 Å². The molecule has 1 fully saturated rings. The Bertz CT molecular complexity index is 554. The van der Waals surface area contributed by atoms with E-state index in [2.05, 4.69) is 4.98 Å². The lowest BCUT2D eigenvalue weighted by Gasteiger charge is -2.35. The van der Waals surface area contributed by atoms with Gasteiger partial charge in [0.1, 0.15) is 5.82 Å². The molecule has 0 aliphatic carbocycles. The van der Waals surface area contributed by atoms with Gasteiger partial charge in [-0.05, 0) is 6.07 Å². The van der Waals surface area contributed by atoms with Crippen LogP contribution in [-0.2, 0) is 6.18 Å². The van der Waals surface area contributed by atoms with E-state index in [9.17, 15) is 22.8 Å². The second kappa shape index (κ2) is 5.58. The van der Waals surface area contributed by atoms with Gasteiger partial charge in [-0.2, -0.15) is 13.2 Å². The molecule has 1 aromatic rings. The summed E-state index contributed by atoms with van der Waals surface area (Å²) in [6.07, 6.45) is -4.36. The molecule has 0 atom stereocenters. The normalized spacial score (nSPS) is 16.0. The first-order valence-corrected chi connectivity index (χ1v) is 6.08. The SMILES string of the molecule is O=Cc1cnc(N2CCN(C(=O)O)CC2)c(C(F)(F)F)c1. The van der Waals surface area contributed by atoms with E-state index in [1.165, 1.54) is 4.90 Å². The molecule has 21 heavy (non-hydrogen) atoms. The number of nitrogens with zero attached hydrogens (tertiary/aromatic N) is 3. The van der Waals surface area contributed by atoms with Crippen LogP contribution in [0.1, 0.15) is 15.9 Å². The van der Waals surface area contributed by atoms with Gasteiger partial charge in [0.05, 0.1) is 5.56 Å². The van der Waals surface area contributed by atoms with Crippen molar-refractivity contribution >= 4 is 18.2 Å². The molecule has 0 spiro atoms. The molecule has 1 N–H and O–H groups in total. The first-order chi connectivity index (χ1) is 9.82. The van der Waals surface area contributed by atoms with E-state index < -0.39 is 17.8 Å². The fourth-order valence-electron chi connectivity index (χ4n) is 2.11. The molecule has 2 rings (SSSR count). The lowest BCUT2D eigenvalue weighted by atomic mass is 10.1. The second-order valence-corrected chi connectivity index (χ2v) is 4.51. The van der Waals surface area contributed by atoms with Crippen molar-refractivity contribution in [1.29, 1.82) is 0 Å². The van der Waals surface area contributed by atoms with Crippen LogP contribution in [0.5, 0.6) is 0 Å². The van der Waals surface area contributed by atoms with E-state index in [-0.39, 0.29) is 37.6 Å². The molecule has 1 aliphatic rings. The predicted octanol–water partition coefficient (Wildman–Crippen LogP) is 1.71. The molecule has 0 saturated carbocycles. The van der Waals surface area contributed by atoms with Crippen molar-refractivity contribution in [3.05, 3.63) is 23.4 Å². The summed E-state index contributed by atoms with van der Waals surface area (Å²) in [6, 6.07) is 0.749. The highest BCUT2D eigenvalue weighted by atomic mass is 19.4. The van der Waals surface area contributed by atoms with Gasteiger partial charge in [-0.15, -0.1) is 0 Å². The zero-order chi connectivity index (χ0) is 15.6. The highest BCUT2D eigenvalue weighted by Crippen LogP contribution is 2.36. The number of aldehydes is 1. The van der Waals surface area contributed by atoms with Crippen LogP contribution in [0.4, 0.5) is 23.8 Å². The number of carbonyl (C=O) groups is 2. The molecule has 6 nitrogen and oxygen atoms in total. The first-order valence-electron chi connectivity index (χ1n) is 6.08. The fourth-order valence-corrected chi connectivity index (χ4v) is 2.11. The van der Waals surface area contributed by atoms with Crippen molar-refractivity contribution in [2.45, 2.75) is 6.18 Å². The van der Waals surface area contributed by atoms with Crippen LogP contribution in [0.15, 0.2) is 12.3 Å². The minimum Gasteiger partial charge on any atom is -0.465 e. The molecule has 1 aromatic heterocycles. The Kier molecular flexibility index (Phi) is 4.01. The Balaban J connectivity index is 2.28. The molecular formula is C12H12F3N3O3. The number of hydrogen-bond acceptors (Lipinski definition) is 4. The molecule has 0 radical (unpaired) electrons. The van der Waals surface area contributed by atoms with Crippen LogP contribution >= 0.6 is 0 Å². The number of rotatable bonds is 2. The molecule has 2 heterocycles. The summed E-state index contributed by atoms with van der Waals surface area (Å²) >= 11 is 0. The van der Waals surface area contributed by atoms with Crippen molar-refractivity contribution in [3.63, 3.8) is 0 Å². The van der Waals surface area contributed by atoms with Gasteiger partial charge in [-0.25, -0.2) is 9.78 Å². The average Bonchev–Trinajstić information content (AvgIpc) is 2.46. The number of halogens is 3. The van der Waals surface area contributed by atoms with E-state index in [4.69, 9.17) is 5.11 Å². The summed E-state index contributed by atoms with van der Waals surface area (Å²) in [5.41, 5.74) is -1.15. The minimum absolute atomic E-state index is 0.101. The molecule has 1 amide bonds. The van der Waals surface area contributed by atoms with Crippen molar-refractivity contribution in [3.8, 4) is 0 Å². The van der Waals surface area contributed by atoms with E-state index in [1.807, 2.05) is 0 Å². The highest BCUT2D eigenvalue weighted by molar-refractivity contribution is 5.75. The Labute approximate surface area is 117 Å². The Morgan fingerprint density at radius 3 is 2.38 bits per heavy atom. The summed E-state index contributed by atoms with van der Waals surface area (Å²) in [4.78, 5) is 27.6. The molecule has 1 saturated heterocycles. The maximum atomic E-state index is 13.0. The number of hydrogen-bond donors (Lipinski definition) is 1. The summed E-state index contributed by atoms with van der Waals surface area (Å²) in [7, 11) is 0. The van der Waals surface area contributed by atoms with Crippen LogP contribution in [0, 0.1) is 0 Å². The fraction of sp³-hybridized carbons (Fsp3) is 0.417. The third kappa shape index (κ3) is 3.23. The Hall–Kier alpha value is -2.32. The van der Waals surface area contributed by atoms with Crippen molar-refractivity contribution < 1.29 is 27.9 Å². The quantitative estimate of drug-likeness (QED) is 0.842. The number of carboxylic acid groups (broad SMARTS) is 1. The van der Waals surface area contributed by atoms with Gasteiger partial charge in [0.25, 0.3) is 0 Å². The number of carbonyl (C=O) groups excluding carboxylic acids is 1. The van der Waals surface area contributed by atoms with Crippen molar-refractivity contribution in [2.75, 3.05) is 31.1 Å². The van der Waals surface area contributed by atoms with Gasteiger partial charge in [0, 0.05) is 37.9 Å². The topological polar surface area (TPSA) is 73.7 Å². The van der Waals surface area contributed by atoms with Gasteiger partial charge in [0.15, 0.2) is 6.29 Å². The second-order valence-electron chi connectivity index (χ2n) is 4.51. The van der Waals surface area contributed by atoms with Crippen LogP contribution in [0.25, 0.3) is 0 Å². The van der Waals surface area contributed by atoms with E-state index in [0.717, 1.165) is 17.2 Å². The highest BCUT2D eigenvalue weighted by Gasteiger charge is 2.37. The zero-order valence-corrected chi connectivity index (χ0v) is 10.8. The van der Waals surface area contributed by atoms with E-state index in [0.29, 0.717) is 6.29 Å². The summed E-state index contributed by atoms with van der Waals surface area (Å²) < 4.78 is 39.1. The average molecular weight is 303 g/mol. The summed E-state index contributed by atoms with van der Waals surface area (Å²) in [5, 5.41) is 8.82. The summed E-state index contributed by atoms with van der Waals surface area (Å²) in [5.74, 6) is -0.280. The molecular weight excluding hydrogens is 291 g/mol. The number of alkyl halides is 3. The molecule has 9 heteroatoms. The predicted molar refractivity (Wildman–Crippen MR) is 66.4 cm³/mol. The standard InChI is InChI=1S/C12H12F3N3O3/c13-12(14,15)9-5-8(7-19)6-16-10(9)17-1-3-18(4-2-17)11(20)21/h5-7H,1-4H2,(H,20,21). The third-order valence-corrected chi connectivity index (χ3v) is 3.18. The van der Waals surface area contributed by atoms with Gasteiger partial charge < -0.3 is 14.9 Å². The Morgan fingerprint density at radius 2 is 1.90 bits per heavy atom. The first kappa shape index (κ1) is 15.1. The van der Waals surface area contributed by atoms with Crippen LogP contribution in [0.2, 0.25) is 0 Å². The van der Waals surface area contributed by atoms with Crippen molar-refractivity contribution in [2.24, 2.45) is 0 Å². The van der Waals surface area contributed by atoms with Crippen LogP contribution < -0.4 is 4.90 Å². The van der Waals surface area contributed by atoms with Crippen LogP contribution in [0.3, 0.4) is 0 Å². The number of anilines is 1. The largest absolute Gasteiger partial charge is 0.465 e. The molecule has 1 aliphatic heterocycles. The van der Waals surface area contributed by atoms with Gasteiger partial charge in [-0.3, -0.25) is 4.79 Å². The van der Waals surface area contributed by atoms with Crippen molar-refractivity contribution in [1.82, 2.24) is 9.88 Å². The Morgan fingerprint density at radius 1 is 1.29 bits per heavy atom. The smallest absolute Gasteiger partial charge is 0.419 e. The number of piperazine rings is 1. The zero-order valence-electron chi connectivity index (χ0n) is 10.8. The van der Waals surface area contributed by atoms with Crippen LogP contribution in [-0.4, -0.2) is 53.5 Å². The lowest BCUT2D eigenvalue weighted by molar-refractivity contribution is -0.137. The van der Waals surface area contributed by atoms with Gasteiger partial charge in [-0.1, -0.05) is 0 Å².